The van der Waals surface area contributed by atoms with Gasteiger partial charge in [-0.25, -0.2) is 4.39 Å². The summed E-state index contributed by atoms with van der Waals surface area (Å²) >= 11 is 0. The molecule has 1 rings (SSSR count). The van der Waals surface area contributed by atoms with Crippen LogP contribution in [-0.2, 0) is 0 Å². The first kappa shape index (κ1) is 8.94. The third kappa shape index (κ3) is 2.14. The SMILES string of the molecule is CCN1CC[C@@H](NC)[C@H](F)C1. The monoisotopic (exact) mass is 160 g/mol. The van der Waals surface area contributed by atoms with Crippen molar-refractivity contribution in [2.45, 2.75) is 25.6 Å². The second-order valence-electron chi connectivity index (χ2n) is 3.09. The first-order valence-electron chi connectivity index (χ1n) is 4.31. The molecule has 0 radical (unpaired) electrons. The number of alkyl halides is 1. The lowest BCUT2D eigenvalue weighted by Gasteiger charge is -2.33. The van der Waals surface area contributed by atoms with E-state index in [1.54, 1.807) is 0 Å². The molecule has 0 saturated carbocycles. The van der Waals surface area contributed by atoms with E-state index in [0.29, 0.717) is 6.54 Å². The van der Waals surface area contributed by atoms with Gasteiger partial charge in [-0.3, -0.25) is 0 Å². The summed E-state index contributed by atoms with van der Waals surface area (Å²) in [5, 5.41) is 3.00. The summed E-state index contributed by atoms with van der Waals surface area (Å²) < 4.78 is 13.2. The van der Waals surface area contributed by atoms with Crippen molar-refractivity contribution in [2.24, 2.45) is 0 Å². The highest BCUT2D eigenvalue weighted by Crippen LogP contribution is 2.12. The average molecular weight is 160 g/mol. The van der Waals surface area contributed by atoms with Crippen molar-refractivity contribution in [3.63, 3.8) is 0 Å². The van der Waals surface area contributed by atoms with Crippen molar-refractivity contribution in [1.29, 1.82) is 0 Å². The van der Waals surface area contributed by atoms with Crippen molar-refractivity contribution >= 4 is 0 Å². The number of hydrogen-bond donors (Lipinski definition) is 1. The predicted octanol–water partition coefficient (Wildman–Crippen LogP) is 0.638. The van der Waals surface area contributed by atoms with E-state index in [1.165, 1.54) is 0 Å². The number of hydrogen-bond acceptors (Lipinski definition) is 2. The second kappa shape index (κ2) is 4.02. The number of rotatable bonds is 2. The smallest absolute Gasteiger partial charge is 0.128 e. The molecule has 2 nitrogen and oxygen atoms in total. The Morgan fingerprint density at radius 3 is 2.82 bits per heavy atom. The topological polar surface area (TPSA) is 15.3 Å². The van der Waals surface area contributed by atoms with Crippen molar-refractivity contribution in [1.82, 2.24) is 10.2 Å². The Kier molecular flexibility index (Phi) is 3.27. The largest absolute Gasteiger partial charge is 0.314 e. The van der Waals surface area contributed by atoms with Crippen molar-refractivity contribution in [3.8, 4) is 0 Å². The minimum atomic E-state index is -0.686. The third-order valence-corrected chi connectivity index (χ3v) is 2.44. The highest BCUT2D eigenvalue weighted by molar-refractivity contribution is 4.83. The van der Waals surface area contributed by atoms with Crippen molar-refractivity contribution in [2.75, 3.05) is 26.7 Å². The molecule has 0 amide bonds. The van der Waals surface area contributed by atoms with Gasteiger partial charge in [0.2, 0.25) is 0 Å². The van der Waals surface area contributed by atoms with E-state index in [9.17, 15) is 4.39 Å². The van der Waals surface area contributed by atoms with Crippen LogP contribution in [0.2, 0.25) is 0 Å². The highest BCUT2D eigenvalue weighted by atomic mass is 19.1. The van der Waals surface area contributed by atoms with E-state index in [0.717, 1.165) is 19.5 Å². The normalized spacial score (nSPS) is 34.1. The van der Waals surface area contributed by atoms with Gasteiger partial charge in [-0.15, -0.1) is 0 Å². The summed E-state index contributed by atoms with van der Waals surface area (Å²) in [7, 11) is 1.83. The average Bonchev–Trinajstić information content (AvgIpc) is 2.04. The van der Waals surface area contributed by atoms with Crippen LogP contribution in [0.5, 0.6) is 0 Å². The van der Waals surface area contributed by atoms with E-state index in [4.69, 9.17) is 0 Å². The van der Waals surface area contributed by atoms with Gasteiger partial charge in [0.1, 0.15) is 6.17 Å². The Bertz CT molecular complexity index is 119. The fraction of sp³-hybridized carbons (Fsp3) is 1.00. The Morgan fingerprint density at radius 2 is 2.36 bits per heavy atom. The van der Waals surface area contributed by atoms with Crippen LogP contribution in [0.4, 0.5) is 4.39 Å². The fourth-order valence-electron chi connectivity index (χ4n) is 1.58. The number of piperidine rings is 1. The number of halogens is 1. The van der Waals surface area contributed by atoms with E-state index < -0.39 is 6.17 Å². The van der Waals surface area contributed by atoms with Gasteiger partial charge in [0, 0.05) is 12.6 Å². The maximum absolute atomic E-state index is 13.2. The van der Waals surface area contributed by atoms with Gasteiger partial charge in [0.15, 0.2) is 0 Å². The molecule has 1 heterocycles. The minimum absolute atomic E-state index is 0.0813. The van der Waals surface area contributed by atoms with Crippen LogP contribution in [0.25, 0.3) is 0 Å². The second-order valence-corrected chi connectivity index (χ2v) is 3.09. The first-order valence-corrected chi connectivity index (χ1v) is 4.31. The lowest BCUT2D eigenvalue weighted by molar-refractivity contribution is 0.112. The minimum Gasteiger partial charge on any atom is -0.314 e. The molecule has 66 valence electrons. The molecule has 0 bridgehead atoms. The zero-order chi connectivity index (χ0) is 8.27. The number of likely N-dealkylation sites (tertiary alicyclic amines) is 1. The summed E-state index contributed by atoms with van der Waals surface area (Å²) in [6.07, 6.45) is 0.250. The molecule has 1 saturated heterocycles. The molecule has 0 aromatic heterocycles. The molecule has 0 aliphatic carbocycles. The molecule has 1 aliphatic rings. The summed E-state index contributed by atoms with van der Waals surface area (Å²) in [6.45, 7) is 4.67. The molecule has 2 atom stereocenters. The maximum Gasteiger partial charge on any atom is 0.128 e. The van der Waals surface area contributed by atoms with Gasteiger partial charge in [0.25, 0.3) is 0 Å². The standard InChI is InChI=1S/C8H17FN2/c1-3-11-5-4-8(10-2)7(9)6-11/h7-8,10H,3-6H2,1-2H3/t7-,8-/m1/s1. The quantitative estimate of drug-likeness (QED) is 0.637. The molecule has 1 aliphatic heterocycles. The molecular formula is C8H17FN2. The molecule has 3 heteroatoms. The molecule has 0 aromatic carbocycles. The van der Waals surface area contributed by atoms with Crippen LogP contribution in [0.1, 0.15) is 13.3 Å². The molecular weight excluding hydrogens is 143 g/mol. The van der Waals surface area contributed by atoms with Crippen molar-refractivity contribution < 1.29 is 4.39 Å². The summed E-state index contributed by atoms with van der Waals surface area (Å²) in [6, 6.07) is 0.0813. The van der Waals surface area contributed by atoms with Gasteiger partial charge in [-0.2, -0.15) is 0 Å². The Balaban J connectivity index is 2.34. The first-order chi connectivity index (χ1) is 5.27. The maximum atomic E-state index is 13.2. The molecule has 1 fully saturated rings. The van der Waals surface area contributed by atoms with Crippen molar-refractivity contribution in [3.05, 3.63) is 0 Å². The lowest BCUT2D eigenvalue weighted by atomic mass is 10.0. The Morgan fingerprint density at radius 1 is 1.64 bits per heavy atom. The van der Waals surface area contributed by atoms with Gasteiger partial charge < -0.3 is 10.2 Å². The molecule has 11 heavy (non-hydrogen) atoms. The molecule has 0 spiro atoms. The van der Waals surface area contributed by atoms with Crippen LogP contribution in [0.3, 0.4) is 0 Å². The Hall–Kier alpha value is -0.150. The third-order valence-electron chi connectivity index (χ3n) is 2.44. The van der Waals surface area contributed by atoms with Crippen LogP contribution in [0, 0.1) is 0 Å². The van der Waals surface area contributed by atoms with Crippen LogP contribution < -0.4 is 5.32 Å². The Labute approximate surface area is 67.8 Å². The lowest BCUT2D eigenvalue weighted by Crippen LogP contribution is -2.49. The van der Waals surface area contributed by atoms with E-state index in [-0.39, 0.29) is 6.04 Å². The zero-order valence-electron chi connectivity index (χ0n) is 7.31. The zero-order valence-corrected chi connectivity index (χ0v) is 7.31. The van der Waals surface area contributed by atoms with E-state index in [2.05, 4.69) is 17.1 Å². The van der Waals surface area contributed by atoms with Gasteiger partial charge in [-0.1, -0.05) is 6.92 Å². The predicted molar refractivity (Wildman–Crippen MR) is 44.5 cm³/mol. The fourth-order valence-corrected chi connectivity index (χ4v) is 1.58. The summed E-state index contributed by atoms with van der Waals surface area (Å²) in [5.74, 6) is 0. The molecule has 1 N–H and O–H groups in total. The summed E-state index contributed by atoms with van der Waals surface area (Å²) in [5.41, 5.74) is 0. The van der Waals surface area contributed by atoms with E-state index >= 15 is 0 Å². The highest BCUT2D eigenvalue weighted by Gasteiger charge is 2.26. The van der Waals surface area contributed by atoms with Gasteiger partial charge in [-0.05, 0) is 26.6 Å². The molecule has 0 aromatic rings. The number of nitrogens with one attached hydrogen (secondary N) is 1. The number of nitrogens with zero attached hydrogens (tertiary/aromatic N) is 1. The van der Waals surface area contributed by atoms with Crippen LogP contribution in [-0.4, -0.2) is 43.8 Å². The van der Waals surface area contributed by atoms with E-state index in [1.807, 2.05) is 7.05 Å². The van der Waals surface area contributed by atoms with Crippen LogP contribution >= 0.6 is 0 Å². The van der Waals surface area contributed by atoms with Gasteiger partial charge >= 0.3 is 0 Å². The molecule has 0 unspecified atom stereocenters. The summed E-state index contributed by atoms with van der Waals surface area (Å²) in [4.78, 5) is 2.15. The van der Waals surface area contributed by atoms with Gasteiger partial charge in [0.05, 0.1) is 0 Å². The van der Waals surface area contributed by atoms with Crippen LogP contribution in [0.15, 0.2) is 0 Å².